The van der Waals surface area contributed by atoms with Gasteiger partial charge in [0.05, 0.1) is 18.3 Å². The number of hydrogen-bond acceptors (Lipinski definition) is 5. The van der Waals surface area contributed by atoms with E-state index in [-0.39, 0.29) is 16.5 Å². The van der Waals surface area contributed by atoms with Crippen molar-refractivity contribution >= 4 is 23.8 Å². The second-order valence-electron chi connectivity index (χ2n) is 2.87. The van der Waals surface area contributed by atoms with Gasteiger partial charge in [-0.05, 0) is 12.1 Å². The topological polar surface area (TPSA) is 68.1 Å². The number of benzene rings is 1. The van der Waals surface area contributed by atoms with Gasteiger partial charge in [0.2, 0.25) is 0 Å². The van der Waals surface area contributed by atoms with Crippen molar-refractivity contribution in [1.82, 2.24) is 0 Å². The number of methoxy groups -OCH3 is 1. The monoisotopic (exact) mass is 243 g/mol. The Morgan fingerprint density at radius 2 is 2.25 bits per heavy atom. The zero-order chi connectivity index (χ0) is 12.1. The molecule has 6 heteroatoms. The molecule has 0 aliphatic rings. The Hall–Kier alpha value is -1.75. The molecule has 0 unspecified atom stereocenters. The summed E-state index contributed by atoms with van der Waals surface area (Å²) < 4.78 is 9.91. The van der Waals surface area contributed by atoms with Crippen LogP contribution >= 0.6 is 11.6 Å². The van der Waals surface area contributed by atoms with E-state index in [0.29, 0.717) is 5.56 Å². The third-order valence-electron chi connectivity index (χ3n) is 1.70. The predicted molar refractivity (Wildman–Crippen MR) is 58.7 cm³/mol. The van der Waals surface area contributed by atoms with Crippen LogP contribution in [-0.2, 0) is 4.79 Å². The van der Waals surface area contributed by atoms with E-state index in [1.807, 2.05) is 0 Å². The van der Waals surface area contributed by atoms with Gasteiger partial charge < -0.3 is 14.7 Å². The second kappa shape index (κ2) is 5.37. The summed E-state index contributed by atoms with van der Waals surface area (Å²) in [5, 5.41) is 11.5. The van der Waals surface area contributed by atoms with E-state index in [9.17, 15) is 4.79 Å². The van der Waals surface area contributed by atoms with Crippen molar-refractivity contribution in [3.63, 3.8) is 0 Å². The molecule has 1 rings (SSSR count). The summed E-state index contributed by atoms with van der Waals surface area (Å²) in [6, 6.07) is 3.02. The third kappa shape index (κ3) is 2.87. The highest BCUT2D eigenvalue weighted by atomic mass is 35.5. The normalized spacial score (nSPS) is 10.4. The molecule has 1 N–H and O–H groups in total. The third-order valence-corrected chi connectivity index (χ3v) is 1.99. The van der Waals surface area contributed by atoms with Crippen LogP contribution in [0.5, 0.6) is 11.5 Å². The second-order valence-corrected chi connectivity index (χ2v) is 3.28. The molecule has 0 bridgehead atoms. The van der Waals surface area contributed by atoms with Gasteiger partial charge in [0.1, 0.15) is 0 Å². The quantitative estimate of drug-likeness (QED) is 0.290. The van der Waals surface area contributed by atoms with Crippen molar-refractivity contribution in [2.24, 2.45) is 5.16 Å². The highest BCUT2D eigenvalue weighted by molar-refractivity contribution is 6.32. The first-order chi connectivity index (χ1) is 7.58. The van der Waals surface area contributed by atoms with E-state index in [1.54, 1.807) is 0 Å². The van der Waals surface area contributed by atoms with Crippen LogP contribution in [0.15, 0.2) is 17.3 Å². The van der Waals surface area contributed by atoms with Gasteiger partial charge in [-0.25, -0.2) is 0 Å². The minimum atomic E-state index is -0.497. The molecule has 0 saturated carbocycles. The van der Waals surface area contributed by atoms with Crippen LogP contribution in [0.3, 0.4) is 0 Å². The van der Waals surface area contributed by atoms with Crippen molar-refractivity contribution in [2.75, 3.05) is 7.11 Å². The standard InChI is InChI=1S/C10H10ClNO4/c1-6(13)16-10-8(11)3-7(5-12-14)4-9(10)15-2/h3-5,14H,1-2H3. The lowest BCUT2D eigenvalue weighted by Crippen LogP contribution is -2.04. The molecule has 5 nitrogen and oxygen atoms in total. The SMILES string of the molecule is COc1cc(C=NO)cc(Cl)c1OC(C)=O. The van der Waals surface area contributed by atoms with E-state index in [2.05, 4.69) is 5.16 Å². The van der Waals surface area contributed by atoms with E-state index in [4.69, 9.17) is 26.3 Å². The number of oxime groups is 1. The number of nitrogens with zero attached hydrogens (tertiary/aromatic N) is 1. The fourth-order valence-corrected chi connectivity index (χ4v) is 1.38. The molecule has 0 heterocycles. The minimum absolute atomic E-state index is 0.145. The van der Waals surface area contributed by atoms with Gasteiger partial charge in [-0.2, -0.15) is 0 Å². The molecule has 0 fully saturated rings. The molecule has 0 aromatic heterocycles. The Morgan fingerprint density at radius 1 is 1.56 bits per heavy atom. The average molecular weight is 244 g/mol. The molecule has 1 aromatic carbocycles. The molecule has 86 valence electrons. The number of carbonyl (C=O) groups excluding carboxylic acids is 1. The Balaban J connectivity index is 3.22. The molecule has 0 atom stereocenters. The fraction of sp³-hybridized carbons (Fsp3) is 0.200. The maximum atomic E-state index is 10.8. The summed E-state index contributed by atoms with van der Waals surface area (Å²) in [5.41, 5.74) is 0.528. The van der Waals surface area contributed by atoms with Crippen LogP contribution in [0.4, 0.5) is 0 Å². The molecule has 1 aromatic rings. The summed E-state index contributed by atoms with van der Waals surface area (Å²) in [6.07, 6.45) is 1.19. The lowest BCUT2D eigenvalue weighted by atomic mass is 10.2. The Bertz CT molecular complexity index is 431. The number of rotatable bonds is 3. The molecule has 0 spiro atoms. The van der Waals surface area contributed by atoms with Crippen LogP contribution in [0.25, 0.3) is 0 Å². The number of hydrogen-bond donors (Lipinski definition) is 1. The first-order valence-corrected chi connectivity index (χ1v) is 4.69. The summed E-state index contributed by atoms with van der Waals surface area (Å²) in [4.78, 5) is 10.8. The van der Waals surface area contributed by atoms with Crippen LogP contribution in [0.2, 0.25) is 5.02 Å². The zero-order valence-corrected chi connectivity index (χ0v) is 9.49. The van der Waals surface area contributed by atoms with E-state index >= 15 is 0 Å². The molecular formula is C10H10ClNO4. The smallest absolute Gasteiger partial charge is 0.308 e. The van der Waals surface area contributed by atoms with Crippen molar-refractivity contribution in [3.05, 3.63) is 22.7 Å². The number of halogens is 1. The van der Waals surface area contributed by atoms with Crippen molar-refractivity contribution < 1.29 is 19.5 Å². The van der Waals surface area contributed by atoms with E-state index in [0.717, 1.165) is 0 Å². The summed E-state index contributed by atoms with van der Waals surface area (Å²) in [6.45, 7) is 1.26. The van der Waals surface area contributed by atoms with Crippen molar-refractivity contribution in [2.45, 2.75) is 6.92 Å². The number of ether oxygens (including phenoxy) is 2. The molecule has 16 heavy (non-hydrogen) atoms. The van der Waals surface area contributed by atoms with Crippen LogP contribution < -0.4 is 9.47 Å². The fourth-order valence-electron chi connectivity index (χ4n) is 1.12. The molecule has 0 amide bonds. The molecule has 0 aliphatic carbocycles. The largest absolute Gasteiger partial charge is 0.493 e. The predicted octanol–water partition coefficient (Wildman–Crippen LogP) is 2.08. The van der Waals surface area contributed by atoms with Crippen LogP contribution in [-0.4, -0.2) is 24.5 Å². The molecule has 0 aliphatic heterocycles. The molecular weight excluding hydrogens is 234 g/mol. The Kier molecular flexibility index (Phi) is 4.13. The lowest BCUT2D eigenvalue weighted by Gasteiger charge is -2.10. The van der Waals surface area contributed by atoms with Crippen molar-refractivity contribution in [3.8, 4) is 11.5 Å². The molecule has 0 saturated heterocycles. The summed E-state index contributed by atoms with van der Waals surface area (Å²) in [5.74, 6) is -0.0619. The highest BCUT2D eigenvalue weighted by Gasteiger charge is 2.13. The zero-order valence-electron chi connectivity index (χ0n) is 8.73. The van der Waals surface area contributed by atoms with Gasteiger partial charge in [-0.15, -0.1) is 0 Å². The summed E-state index contributed by atoms with van der Waals surface area (Å²) in [7, 11) is 1.42. The van der Waals surface area contributed by atoms with Gasteiger partial charge in [-0.3, -0.25) is 4.79 Å². The van der Waals surface area contributed by atoms with Gasteiger partial charge in [-0.1, -0.05) is 16.8 Å². The maximum Gasteiger partial charge on any atom is 0.308 e. The maximum absolute atomic E-state index is 10.8. The van der Waals surface area contributed by atoms with Crippen LogP contribution in [0, 0.1) is 0 Å². The molecule has 0 radical (unpaired) electrons. The Morgan fingerprint density at radius 3 is 2.75 bits per heavy atom. The lowest BCUT2D eigenvalue weighted by molar-refractivity contribution is -0.132. The van der Waals surface area contributed by atoms with Gasteiger partial charge >= 0.3 is 5.97 Å². The Labute approximate surface area is 97.2 Å². The van der Waals surface area contributed by atoms with Crippen LogP contribution in [0.1, 0.15) is 12.5 Å². The number of esters is 1. The van der Waals surface area contributed by atoms with E-state index < -0.39 is 5.97 Å². The van der Waals surface area contributed by atoms with Crippen molar-refractivity contribution in [1.29, 1.82) is 0 Å². The minimum Gasteiger partial charge on any atom is -0.493 e. The first kappa shape index (κ1) is 12.3. The highest BCUT2D eigenvalue weighted by Crippen LogP contribution is 2.36. The first-order valence-electron chi connectivity index (χ1n) is 4.32. The van der Waals surface area contributed by atoms with Gasteiger partial charge in [0, 0.05) is 12.5 Å². The average Bonchev–Trinajstić information content (AvgIpc) is 2.21. The van der Waals surface area contributed by atoms with E-state index in [1.165, 1.54) is 32.4 Å². The number of carbonyl (C=O) groups is 1. The van der Waals surface area contributed by atoms with Gasteiger partial charge in [0.15, 0.2) is 11.5 Å². The summed E-state index contributed by atoms with van der Waals surface area (Å²) >= 11 is 5.89. The van der Waals surface area contributed by atoms with Gasteiger partial charge in [0.25, 0.3) is 0 Å².